The van der Waals surface area contributed by atoms with Gasteiger partial charge in [0.15, 0.2) is 5.82 Å². The quantitative estimate of drug-likeness (QED) is 0.161. The highest BCUT2D eigenvalue weighted by molar-refractivity contribution is 7.25. The molecule has 0 saturated heterocycles. The molecule has 9 aromatic carbocycles. The van der Waals surface area contributed by atoms with Gasteiger partial charge >= 0.3 is 0 Å². The first-order valence-corrected chi connectivity index (χ1v) is 21.7. The summed E-state index contributed by atoms with van der Waals surface area (Å²) in [5.41, 5.74) is 15.5. The van der Waals surface area contributed by atoms with Crippen molar-refractivity contribution in [2.24, 2.45) is 0 Å². The highest BCUT2D eigenvalue weighted by Crippen LogP contribution is 2.44. The fourth-order valence-corrected chi connectivity index (χ4v) is 9.93. The summed E-state index contributed by atoms with van der Waals surface area (Å²) in [5.74, 6) is 0.677. The molecule has 0 aliphatic rings. The van der Waals surface area contributed by atoms with Crippen molar-refractivity contribution in [1.82, 2.24) is 9.97 Å². The molecule has 0 unspecified atom stereocenters. The molecule has 3 heterocycles. The molecule has 4 heteroatoms. The number of hydrogen-bond donors (Lipinski definition) is 0. The van der Waals surface area contributed by atoms with Crippen LogP contribution in [0.25, 0.3) is 121 Å². The number of fused-ring (bicyclic) bond motifs is 6. The molecular weight excluding hydrogens is 773 g/mol. The van der Waals surface area contributed by atoms with Gasteiger partial charge in [0.2, 0.25) is 0 Å². The molecule has 0 fully saturated rings. The lowest BCUT2D eigenvalue weighted by Crippen LogP contribution is -1.97. The van der Waals surface area contributed by atoms with Gasteiger partial charge in [-0.2, -0.15) is 0 Å². The van der Waals surface area contributed by atoms with E-state index in [1.165, 1.54) is 20.2 Å². The predicted molar refractivity (Wildman–Crippen MR) is 260 cm³/mol. The molecule has 62 heavy (non-hydrogen) atoms. The number of furan rings is 1. The maximum absolute atomic E-state index is 6.74. The van der Waals surface area contributed by atoms with Crippen molar-refractivity contribution in [1.29, 1.82) is 0 Å². The maximum Gasteiger partial charge on any atom is 0.160 e. The summed E-state index contributed by atoms with van der Waals surface area (Å²) in [4.78, 5) is 10.5. The maximum atomic E-state index is 6.74. The Morgan fingerprint density at radius 1 is 0.323 bits per heavy atom. The van der Waals surface area contributed by atoms with Gasteiger partial charge in [0, 0.05) is 53.2 Å². The lowest BCUT2D eigenvalue weighted by molar-refractivity contribution is 0.670. The van der Waals surface area contributed by atoms with Crippen molar-refractivity contribution in [2.45, 2.75) is 0 Å². The third-order valence-electron chi connectivity index (χ3n) is 11.9. The lowest BCUT2D eigenvalue weighted by atomic mass is 9.93. The first kappa shape index (κ1) is 36.0. The van der Waals surface area contributed by atoms with Gasteiger partial charge in [-0.05, 0) is 93.5 Å². The molecule has 0 bridgehead atoms. The summed E-state index contributed by atoms with van der Waals surface area (Å²) in [6, 6.07) is 77.3. The van der Waals surface area contributed by atoms with Gasteiger partial charge in [-0.1, -0.05) is 164 Å². The molecule has 0 amide bonds. The van der Waals surface area contributed by atoms with Crippen LogP contribution < -0.4 is 0 Å². The third kappa shape index (κ3) is 6.37. The van der Waals surface area contributed by atoms with Gasteiger partial charge in [0.05, 0.1) is 11.4 Å². The van der Waals surface area contributed by atoms with Crippen LogP contribution in [0.15, 0.2) is 223 Å². The van der Waals surface area contributed by atoms with Crippen LogP contribution in [0, 0.1) is 0 Å². The Bertz CT molecular complexity index is 3550. The molecule has 3 aromatic heterocycles. The Hall–Kier alpha value is -7.92. The first-order valence-electron chi connectivity index (χ1n) is 20.9. The van der Waals surface area contributed by atoms with Crippen LogP contribution in [-0.4, -0.2) is 9.97 Å². The minimum absolute atomic E-state index is 0.677. The lowest BCUT2D eigenvalue weighted by Gasteiger charge is -2.13. The topological polar surface area (TPSA) is 38.9 Å². The molecule has 3 nitrogen and oxygen atoms in total. The molecule has 0 aliphatic heterocycles. The Morgan fingerprint density at radius 3 is 1.53 bits per heavy atom. The van der Waals surface area contributed by atoms with Gasteiger partial charge in [-0.3, -0.25) is 0 Å². The molecule has 0 spiro atoms. The van der Waals surface area contributed by atoms with E-state index in [-0.39, 0.29) is 0 Å². The monoisotopic (exact) mass is 808 g/mol. The van der Waals surface area contributed by atoms with E-state index in [0.717, 1.165) is 94.5 Å². The minimum Gasteiger partial charge on any atom is -0.455 e. The fraction of sp³-hybridized carbons (Fsp3) is 0. The standard InChI is InChI=1S/C58H36N2OS/c1-4-14-37(15-5-1)43-32-44(38-16-6-2-7-17-38)34-45(33-43)58-59-51(40-18-8-3-9-19-40)36-52(60-58)41-26-24-39(25-27-41)46-29-30-47(57-56(46)49-21-10-12-22-53(49)61-57)42-28-31-55-50(35-42)48-20-11-13-23-54(48)62-55/h1-36H. The number of para-hydroxylation sites is 1. The number of hydrogen-bond acceptors (Lipinski definition) is 4. The van der Waals surface area contributed by atoms with Gasteiger partial charge < -0.3 is 4.42 Å². The van der Waals surface area contributed by atoms with E-state index in [1.54, 1.807) is 0 Å². The average Bonchev–Trinajstić information content (AvgIpc) is 3.93. The molecule has 0 N–H and O–H groups in total. The second-order valence-corrected chi connectivity index (χ2v) is 16.8. The third-order valence-corrected chi connectivity index (χ3v) is 13.1. The van der Waals surface area contributed by atoms with Crippen molar-refractivity contribution < 1.29 is 4.42 Å². The Balaban J connectivity index is 0.982. The zero-order valence-corrected chi connectivity index (χ0v) is 34.3. The van der Waals surface area contributed by atoms with Gasteiger partial charge in [0.1, 0.15) is 11.2 Å². The number of thiophene rings is 1. The highest BCUT2D eigenvalue weighted by atomic mass is 32.1. The fourth-order valence-electron chi connectivity index (χ4n) is 8.84. The Labute approximate surface area is 362 Å². The summed E-state index contributed by atoms with van der Waals surface area (Å²) in [7, 11) is 0. The van der Waals surface area contributed by atoms with Crippen molar-refractivity contribution >= 4 is 53.4 Å². The SMILES string of the molecule is c1ccc(-c2cc(-c3ccccc3)cc(-c3nc(-c4ccccc4)cc(-c4ccc(-c5ccc(-c6ccc7sc8ccccc8c7c6)c6oc7ccccc7c56)cc4)n3)c2)cc1. The molecule has 0 radical (unpaired) electrons. The van der Waals surface area contributed by atoms with Gasteiger partial charge in [-0.25, -0.2) is 9.97 Å². The van der Waals surface area contributed by atoms with Crippen LogP contribution >= 0.6 is 11.3 Å². The molecular formula is C58H36N2OS. The van der Waals surface area contributed by atoms with Gasteiger partial charge in [0.25, 0.3) is 0 Å². The summed E-state index contributed by atoms with van der Waals surface area (Å²) in [6.45, 7) is 0. The van der Waals surface area contributed by atoms with E-state index in [9.17, 15) is 0 Å². The number of benzene rings is 9. The van der Waals surface area contributed by atoms with Crippen LogP contribution in [0.5, 0.6) is 0 Å². The zero-order chi connectivity index (χ0) is 41.0. The van der Waals surface area contributed by atoms with E-state index in [0.29, 0.717) is 5.82 Å². The van der Waals surface area contributed by atoms with Crippen molar-refractivity contribution in [3.63, 3.8) is 0 Å². The van der Waals surface area contributed by atoms with Gasteiger partial charge in [-0.15, -0.1) is 11.3 Å². The van der Waals surface area contributed by atoms with E-state index in [2.05, 4.69) is 206 Å². The smallest absolute Gasteiger partial charge is 0.160 e. The molecule has 0 saturated carbocycles. The normalized spacial score (nSPS) is 11.5. The largest absolute Gasteiger partial charge is 0.455 e. The molecule has 12 aromatic rings. The van der Waals surface area contributed by atoms with Crippen LogP contribution in [0.3, 0.4) is 0 Å². The van der Waals surface area contributed by atoms with Crippen molar-refractivity contribution in [2.75, 3.05) is 0 Å². The average molecular weight is 809 g/mol. The van der Waals surface area contributed by atoms with Crippen LogP contribution in [0.1, 0.15) is 0 Å². The van der Waals surface area contributed by atoms with Crippen molar-refractivity contribution in [3.05, 3.63) is 218 Å². The zero-order valence-electron chi connectivity index (χ0n) is 33.5. The summed E-state index contributed by atoms with van der Waals surface area (Å²) < 4.78 is 9.33. The second-order valence-electron chi connectivity index (χ2n) is 15.7. The van der Waals surface area contributed by atoms with Crippen molar-refractivity contribution in [3.8, 4) is 78.4 Å². The number of nitrogens with zero attached hydrogens (tertiary/aromatic N) is 2. The van der Waals surface area contributed by atoms with E-state index >= 15 is 0 Å². The van der Waals surface area contributed by atoms with E-state index < -0.39 is 0 Å². The number of aromatic nitrogens is 2. The van der Waals surface area contributed by atoms with Crippen LogP contribution in [0.2, 0.25) is 0 Å². The minimum atomic E-state index is 0.677. The summed E-state index contributed by atoms with van der Waals surface area (Å²) >= 11 is 1.84. The highest BCUT2D eigenvalue weighted by Gasteiger charge is 2.19. The predicted octanol–water partition coefficient (Wildman–Crippen LogP) is 16.4. The number of rotatable bonds is 7. The Kier molecular flexibility index (Phi) is 8.68. The Morgan fingerprint density at radius 2 is 0.839 bits per heavy atom. The molecule has 12 rings (SSSR count). The first-order chi connectivity index (χ1) is 30.7. The van der Waals surface area contributed by atoms with E-state index in [1.807, 2.05) is 23.5 Å². The second kappa shape index (κ2) is 15.0. The molecule has 290 valence electrons. The molecule has 0 atom stereocenters. The van der Waals surface area contributed by atoms with E-state index in [4.69, 9.17) is 14.4 Å². The summed E-state index contributed by atoms with van der Waals surface area (Å²) in [6.07, 6.45) is 0. The molecule has 0 aliphatic carbocycles. The van der Waals surface area contributed by atoms with Crippen LogP contribution in [0.4, 0.5) is 0 Å². The van der Waals surface area contributed by atoms with Crippen LogP contribution in [-0.2, 0) is 0 Å². The summed E-state index contributed by atoms with van der Waals surface area (Å²) in [5, 5.41) is 4.78.